The highest BCUT2D eigenvalue weighted by atomic mass is 16.5. The van der Waals surface area contributed by atoms with Crippen LogP contribution in [0.25, 0.3) is 0 Å². The quantitative estimate of drug-likeness (QED) is 0.0446. The second-order valence-electron chi connectivity index (χ2n) is 29.3. The third-order valence-electron chi connectivity index (χ3n) is 20.3. The van der Waals surface area contributed by atoms with Gasteiger partial charge >= 0.3 is 17.9 Å². The molecule has 4 N–H and O–H groups in total. The summed E-state index contributed by atoms with van der Waals surface area (Å²) in [6.45, 7) is 28.6. The van der Waals surface area contributed by atoms with Crippen LogP contribution in [0.5, 0.6) is 17.2 Å². The van der Waals surface area contributed by atoms with Gasteiger partial charge in [0, 0.05) is 127 Å². The van der Waals surface area contributed by atoms with Crippen molar-refractivity contribution in [2.75, 3.05) is 40.3 Å². The maximum absolute atomic E-state index is 13.3. The monoisotopic (exact) mass is 1660 g/mol. The first-order valence-electron chi connectivity index (χ1n) is 38.6. The Balaban J connectivity index is 0.000000143. The molecule has 16 rings (SSSR count). The first-order chi connectivity index (χ1) is 59.6. The van der Waals surface area contributed by atoms with Crippen LogP contribution in [0.1, 0.15) is 206 Å². The normalized spacial score (nSPS) is 12.2. The number of nitrogens with one attached hydrogen (secondary N) is 4. The summed E-state index contributed by atoms with van der Waals surface area (Å²) in [5.74, 6) is -6.09. The Morgan fingerprint density at radius 1 is 0.296 bits per heavy atom. The van der Waals surface area contributed by atoms with Crippen LogP contribution < -0.4 is 40.4 Å². The second kappa shape index (κ2) is 36.4. The summed E-state index contributed by atoms with van der Waals surface area (Å²) in [5, 5.41) is 11.4. The number of anilines is 6. The van der Waals surface area contributed by atoms with E-state index in [-0.39, 0.29) is 159 Å². The van der Waals surface area contributed by atoms with E-state index in [1.54, 1.807) is 193 Å². The highest BCUT2D eigenvalue weighted by molar-refractivity contribution is 6.36. The predicted molar refractivity (Wildman–Crippen MR) is 470 cm³/mol. The summed E-state index contributed by atoms with van der Waals surface area (Å²) in [6, 6.07) is 59.8. The molecule has 24 heteroatoms. The number of para-hydroxylation sites is 1. The highest BCUT2D eigenvalue weighted by Gasteiger charge is 2.41. The predicted octanol–water partition coefficient (Wildman–Crippen LogP) is 16.9. The van der Waals surface area contributed by atoms with Crippen molar-refractivity contribution in [1.29, 1.82) is 0 Å². The summed E-state index contributed by atoms with van der Waals surface area (Å²) >= 11 is 0. The zero-order chi connectivity index (χ0) is 90.4. The number of ether oxygens (including phenoxy) is 3. The van der Waals surface area contributed by atoms with E-state index < -0.39 is 35.4 Å². The van der Waals surface area contributed by atoms with Crippen LogP contribution in [0.3, 0.4) is 0 Å². The molecular weight excluding hydrogens is 1590 g/mol. The lowest BCUT2D eigenvalue weighted by Gasteiger charge is -2.25. The average Bonchev–Trinajstić information content (AvgIpc) is 0.756. The molecular formula is C101H77N5O19. The standard InChI is InChI=1S/C24H17NO4.C20H15NO5.C19H15NO4.2C19H15NO3/c1-14(2)24(28)29-19-13-12-18(25-15-8-4-3-5-9-15)20-21(19)23(27)17-11-7-6-10-16(17)22(20)26;1-10(2)20(25)26-15-9-8-14(21-11(3)22)16-17(15)19(24)13-7-5-4-6-12(13)18(16)23;1-10(2)19(23)24-14-9-8-13(20-3)15-16(14)18(22)12-7-5-4-6-11(12)17(15)21;1-11(2)19(23)20(3)15-10-6-9-14-16(15)18(22)13-8-5-4-7-12(13)17(14)21;1-10(2)19(23)20-16-11(3)8-9-14-15(16)18(22)13-7-5-4-6-12(13)17(14)21/h3-13,25H,1H2,2H3;4-9H,1H2,2-3H3,(H,21,22);4-9,20H,1H2,2-3H3;4-10H,1H2,2-3H3;4-9H,1H2,2-3H3,(H,20,23). The van der Waals surface area contributed by atoms with Crippen LogP contribution in [0.15, 0.2) is 279 Å². The van der Waals surface area contributed by atoms with E-state index in [2.05, 4.69) is 54.2 Å². The van der Waals surface area contributed by atoms with Crippen LogP contribution in [0.2, 0.25) is 0 Å². The Kier molecular flexibility index (Phi) is 25.5. The topological polar surface area (TPSA) is 352 Å². The molecule has 0 unspecified atom stereocenters. The van der Waals surface area contributed by atoms with E-state index in [0.29, 0.717) is 84.0 Å². The number of ketones is 10. The molecule has 5 aliphatic carbocycles. The molecule has 0 aliphatic heterocycles. The minimum Gasteiger partial charge on any atom is -0.422 e. The van der Waals surface area contributed by atoms with Crippen LogP contribution in [0.4, 0.5) is 34.1 Å². The van der Waals surface area contributed by atoms with Gasteiger partial charge in [0.25, 0.3) is 11.8 Å². The van der Waals surface area contributed by atoms with Crippen molar-refractivity contribution in [2.45, 2.75) is 48.5 Å². The molecule has 620 valence electrons. The fourth-order valence-electron chi connectivity index (χ4n) is 14.2. The van der Waals surface area contributed by atoms with Crippen molar-refractivity contribution in [3.05, 3.63) is 396 Å². The number of fused-ring (bicyclic) bond motifs is 10. The number of carbonyl (C=O) groups is 16. The zero-order valence-electron chi connectivity index (χ0n) is 69.0. The lowest BCUT2D eigenvalue weighted by molar-refractivity contribution is -0.131. The minimum absolute atomic E-state index is 0.0101. The number of hydrogen-bond donors (Lipinski definition) is 4. The molecule has 3 amide bonds. The number of likely N-dealkylation sites (N-methyl/N-ethyl adjacent to an activating group) is 1. The van der Waals surface area contributed by atoms with Crippen molar-refractivity contribution in [3.8, 4) is 17.2 Å². The zero-order valence-corrected chi connectivity index (χ0v) is 69.0. The molecule has 0 fully saturated rings. The maximum Gasteiger partial charge on any atom is 0.338 e. The van der Waals surface area contributed by atoms with Gasteiger partial charge in [0.15, 0.2) is 57.8 Å². The van der Waals surface area contributed by atoms with Crippen LogP contribution in [-0.2, 0) is 28.8 Å². The van der Waals surface area contributed by atoms with Crippen molar-refractivity contribution >= 4 is 128 Å². The Morgan fingerprint density at radius 2 is 0.608 bits per heavy atom. The summed E-state index contributed by atoms with van der Waals surface area (Å²) in [6.07, 6.45) is 0. The van der Waals surface area contributed by atoms with E-state index in [0.717, 1.165) is 11.3 Å². The van der Waals surface area contributed by atoms with Gasteiger partial charge in [-0.05, 0) is 108 Å². The smallest absolute Gasteiger partial charge is 0.338 e. The molecule has 0 saturated heterocycles. The molecule has 125 heavy (non-hydrogen) atoms. The van der Waals surface area contributed by atoms with Gasteiger partial charge in [-0.1, -0.05) is 191 Å². The molecule has 0 saturated carbocycles. The number of aryl methyl sites for hydroxylation is 1. The number of hydrogen-bond acceptors (Lipinski definition) is 21. The maximum atomic E-state index is 13.3. The van der Waals surface area contributed by atoms with Gasteiger partial charge in [0.05, 0.1) is 67.3 Å². The van der Waals surface area contributed by atoms with Gasteiger partial charge in [-0.25, -0.2) is 14.4 Å². The third-order valence-corrected chi connectivity index (χ3v) is 20.3. The van der Waals surface area contributed by atoms with Gasteiger partial charge in [-0.2, -0.15) is 0 Å². The van der Waals surface area contributed by atoms with Gasteiger partial charge in [0.1, 0.15) is 17.2 Å². The Hall–Kier alpha value is -16.8. The first-order valence-corrected chi connectivity index (χ1v) is 38.6. The molecule has 0 spiro atoms. The molecule has 0 heterocycles. The molecule has 0 atom stereocenters. The summed E-state index contributed by atoms with van der Waals surface area (Å²) in [4.78, 5) is 202. The first kappa shape index (κ1) is 87.6. The number of nitrogens with zero attached hydrogens (tertiary/aromatic N) is 1. The number of esters is 3. The van der Waals surface area contributed by atoms with E-state index in [1.807, 2.05) is 30.3 Å². The average molecular weight is 1660 g/mol. The Morgan fingerprint density at radius 3 is 0.968 bits per heavy atom. The summed E-state index contributed by atoms with van der Waals surface area (Å²) < 4.78 is 15.9. The largest absolute Gasteiger partial charge is 0.422 e. The fraction of sp³-hybridized carbons (Fsp3) is 0.0891. The van der Waals surface area contributed by atoms with Gasteiger partial charge in [-0.15, -0.1) is 0 Å². The van der Waals surface area contributed by atoms with Gasteiger partial charge in [-0.3, -0.25) is 62.3 Å². The lowest BCUT2D eigenvalue weighted by atomic mass is 9.82. The van der Waals surface area contributed by atoms with Crippen molar-refractivity contribution in [1.82, 2.24) is 0 Å². The number of carbonyl (C=O) groups excluding carboxylic acids is 16. The number of amides is 3. The van der Waals surface area contributed by atoms with E-state index in [1.165, 1.54) is 62.9 Å². The Labute approximate surface area is 716 Å². The third kappa shape index (κ3) is 17.3. The van der Waals surface area contributed by atoms with Crippen LogP contribution in [0, 0.1) is 6.92 Å². The number of benzene rings is 11. The second-order valence-corrected chi connectivity index (χ2v) is 29.3. The fourth-order valence-corrected chi connectivity index (χ4v) is 14.2. The molecule has 0 radical (unpaired) electrons. The summed E-state index contributed by atoms with van der Waals surface area (Å²) in [7, 11) is 3.23. The molecule has 0 bridgehead atoms. The SMILES string of the molecule is C=C(C)C(=O)N(C)c1cccc2c1C(=O)c1ccccc1C2=O.C=C(C)C(=O)Nc1c(C)ccc2c1C(=O)c1ccccc1C2=O.C=C(C)C(=O)Oc1ccc(NC(C)=O)c2c1C(=O)c1ccccc1C2=O.C=C(C)C(=O)Oc1ccc(NC)c2c1C(=O)c1ccccc1C2=O.C=C(C)C(=O)Oc1ccc(Nc2ccccc2)c2c1C(=O)c1ccccc1C2=O. The van der Waals surface area contributed by atoms with Gasteiger partial charge in [0.2, 0.25) is 5.91 Å². The number of rotatable bonds is 14. The summed E-state index contributed by atoms with van der Waals surface area (Å²) in [5.41, 5.74) is 9.63. The van der Waals surface area contributed by atoms with Crippen LogP contribution in [-0.4, -0.2) is 108 Å². The van der Waals surface area contributed by atoms with Crippen molar-refractivity contribution in [3.63, 3.8) is 0 Å². The Bertz CT molecular complexity index is 6720. The van der Waals surface area contributed by atoms with E-state index >= 15 is 0 Å². The van der Waals surface area contributed by atoms with Crippen molar-refractivity contribution in [2.24, 2.45) is 0 Å². The lowest BCUT2D eigenvalue weighted by Crippen LogP contribution is -2.30. The van der Waals surface area contributed by atoms with Crippen molar-refractivity contribution < 1.29 is 90.9 Å². The molecule has 5 aliphatic rings. The molecule has 11 aromatic carbocycles. The van der Waals surface area contributed by atoms with E-state index in [9.17, 15) is 76.7 Å². The van der Waals surface area contributed by atoms with Gasteiger partial charge < -0.3 is 40.4 Å². The highest BCUT2D eigenvalue weighted by Crippen LogP contribution is 2.43. The molecule has 0 aromatic heterocycles. The minimum atomic E-state index is -0.710. The van der Waals surface area contributed by atoms with Crippen LogP contribution >= 0.6 is 0 Å². The molecule has 11 aromatic rings. The van der Waals surface area contributed by atoms with E-state index in [4.69, 9.17) is 14.2 Å². The molecule has 24 nitrogen and oxygen atoms in total.